The summed E-state index contributed by atoms with van der Waals surface area (Å²) in [5.74, 6) is -0.0800. The van der Waals surface area contributed by atoms with E-state index >= 15 is 0 Å². The molecule has 0 spiro atoms. The zero-order chi connectivity index (χ0) is 27.7. The molecular formula is C28H38N4O4S2. The molecule has 0 aromatic carbocycles. The number of amides is 1. The van der Waals surface area contributed by atoms with Crippen LogP contribution in [0.2, 0.25) is 0 Å². The number of aliphatic carboxylic acids is 1. The normalized spacial score (nSPS) is 16.9. The second-order valence-corrected chi connectivity index (χ2v) is 11.7. The van der Waals surface area contributed by atoms with Crippen LogP contribution >= 0.6 is 24.0 Å². The SMILES string of the molecule is Cc1c(/C=C2\SC(=S)N(CCCCCCCCCCC(=O)O)C2=O)c(N2CCCCC2)n(C)c(=O)c1C#N. The van der Waals surface area contributed by atoms with Crippen LogP contribution in [0.4, 0.5) is 5.82 Å². The van der Waals surface area contributed by atoms with Gasteiger partial charge < -0.3 is 10.0 Å². The van der Waals surface area contributed by atoms with E-state index in [1.807, 2.05) is 6.08 Å². The molecule has 3 rings (SSSR count). The molecule has 0 unspecified atom stereocenters. The first-order valence-electron chi connectivity index (χ1n) is 13.6. The van der Waals surface area contributed by atoms with Crippen LogP contribution < -0.4 is 10.5 Å². The van der Waals surface area contributed by atoms with Crippen LogP contribution in [0, 0.1) is 18.3 Å². The summed E-state index contributed by atoms with van der Waals surface area (Å²) in [6.07, 6.45) is 13.2. The number of carbonyl (C=O) groups excluding carboxylic acids is 1. The number of hydrogen-bond acceptors (Lipinski definition) is 7. The van der Waals surface area contributed by atoms with Crippen molar-refractivity contribution >= 4 is 52.1 Å². The number of aromatic nitrogens is 1. The van der Waals surface area contributed by atoms with Crippen LogP contribution in [0.25, 0.3) is 6.08 Å². The van der Waals surface area contributed by atoms with Gasteiger partial charge in [-0.15, -0.1) is 0 Å². The fourth-order valence-electron chi connectivity index (χ4n) is 5.13. The Bertz CT molecular complexity index is 1180. The molecule has 1 N–H and O–H groups in total. The first-order valence-corrected chi connectivity index (χ1v) is 14.8. The van der Waals surface area contributed by atoms with Crippen LogP contribution in [-0.2, 0) is 16.6 Å². The smallest absolute Gasteiger partial charge is 0.303 e. The minimum Gasteiger partial charge on any atom is -0.481 e. The molecule has 0 atom stereocenters. The van der Waals surface area contributed by atoms with Crippen molar-refractivity contribution in [2.24, 2.45) is 7.05 Å². The molecule has 2 fully saturated rings. The molecule has 2 saturated heterocycles. The largest absolute Gasteiger partial charge is 0.481 e. The molecule has 1 aromatic rings. The van der Waals surface area contributed by atoms with Gasteiger partial charge in [-0.1, -0.05) is 62.5 Å². The Morgan fingerprint density at radius 3 is 2.26 bits per heavy atom. The van der Waals surface area contributed by atoms with E-state index in [1.54, 1.807) is 23.4 Å². The third kappa shape index (κ3) is 7.48. The lowest BCUT2D eigenvalue weighted by atomic mass is 10.0. The quantitative estimate of drug-likeness (QED) is 0.196. The Balaban J connectivity index is 1.64. The average molecular weight is 559 g/mol. The molecule has 1 aromatic heterocycles. The number of carbonyl (C=O) groups is 2. The number of carboxylic acid groups (broad SMARTS) is 1. The highest BCUT2D eigenvalue weighted by Gasteiger charge is 2.33. The lowest BCUT2D eigenvalue weighted by Crippen LogP contribution is -2.36. The standard InChI is InChI=1S/C28H38N4O4S2/c1-20-21(25(31-15-11-9-12-16-31)30(2)26(35)22(20)19-29)18-23-27(36)32(28(37)38-23)17-13-8-6-4-3-5-7-10-14-24(33)34/h18H,3-17H2,1-2H3,(H,33,34)/b23-18-. The highest BCUT2D eigenvalue weighted by molar-refractivity contribution is 8.26. The number of rotatable bonds is 13. The number of unbranched alkanes of at least 4 members (excludes halogenated alkanes) is 7. The summed E-state index contributed by atoms with van der Waals surface area (Å²) >= 11 is 6.83. The van der Waals surface area contributed by atoms with E-state index in [9.17, 15) is 19.6 Å². The molecule has 3 heterocycles. The number of hydrogen-bond donors (Lipinski definition) is 1. The number of carboxylic acids is 1. The number of thioether (sulfide) groups is 1. The molecule has 0 saturated carbocycles. The van der Waals surface area contributed by atoms with Gasteiger partial charge >= 0.3 is 5.97 Å². The molecule has 8 nitrogen and oxygen atoms in total. The van der Waals surface area contributed by atoms with Crippen LogP contribution in [0.3, 0.4) is 0 Å². The third-order valence-electron chi connectivity index (χ3n) is 7.29. The van der Waals surface area contributed by atoms with Crippen molar-refractivity contribution in [1.29, 1.82) is 5.26 Å². The van der Waals surface area contributed by atoms with Gasteiger partial charge in [0.15, 0.2) is 0 Å². The highest BCUT2D eigenvalue weighted by atomic mass is 32.2. The van der Waals surface area contributed by atoms with Crippen LogP contribution in [0.5, 0.6) is 0 Å². The number of thiocarbonyl (C=S) groups is 1. The molecule has 0 radical (unpaired) electrons. The number of nitriles is 1. The predicted molar refractivity (Wildman–Crippen MR) is 156 cm³/mol. The zero-order valence-corrected chi connectivity index (χ0v) is 24.1. The molecule has 38 heavy (non-hydrogen) atoms. The fourth-order valence-corrected chi connectivity index (χ4v) is 6.42. The number of pyridine rings is 1. The maximum Gasteiger partial charge on any atom is 0.303 e. The van der Waals surface area contributed by atoms with E-state index < -0.39 is 5.97 Å². The van der Waals surface area contributed by atoms with Crippen molar-refractivity contribution in [3.8, 4) is 6.07 Å². The number of anilines is 1. The first-order chi connectivity index (χ1) is 18.3. The van der Waals surface area contributed by atoms with Gasteiger partial charge in [0, 0.05) is 38.7 Å². The van der Waals surface area contributed by atoms with Crippen molar-refractivity contribution in [1.82, 2.24) is 9.47 Å². The second kappa shape index (κ2) is 14.5. The molecule has 0 bridgehead atoms. The van der Waals surface area contributed by atoms with Crippen molar-refractivity contribution in [2.45, 2.75) is 84.0 Å². The summed E-state index contributed by atoms with van der Waals surface area (Å²) in [6.45, 7) is 4.03. The molecule has 2 aliphatic rings. The monoisotopic (exact) mass is 558 g/mol. The van der Waals surface area contributed by atoms with Gasteiger partial charge in [0.25, 0.3) is 11.5 Å². The van der Waals surface area contributed by atoms with E-state index in [1.165, 1.54) is 11.8 Å². The Kier molecular flexibility index (Phi) is 11.4. The Hall–Kier alpha value is -2.64. The first kappa shape index (κ1) is 29.9. The Morgan fingerprint density at radius 1 is 1.05 bits per heavy atom. The van der Waals surface area contributed by atoms with E-state index in [0.717, 1.165) is 95.1 Å². The van der Waals surface area contributed by atoms with Gasteiger partial charge in [-0.05, 0) is 50.7 Å². The van der Waals surface area contributed by atoms with Gasteiger partial charge in [-0.25, -0.2) is 0 Å². The van der Waals surface area contributed by atoms with Crippen molar-refractivity contribution in [3.63, 3.8) is 0 Å². The minimum absolute atomic E-state index is 0.108. The topological polar surface area (TPSA) is 107 Å². The highest BCUT2D eigenvalue weighted by Crippen LogP contribution is 2.36. The molecule has 0 aliphatic carbocycles. The minimum atomic E-state index is -0.727. The van der Waals surface area contributed by atoms with Gasteiger partial charge in [-0.2, -0.15) is 5.26 Å². The summed E-state index contributed by atoms with van der Waals surface area (Å²) in [5.41, 5.74) is 1.14. The molecule has 206 valence electrons. The van der Waals surface area contributed by atoms with Crippen LogP contribution in [0.1, 0.15) is 93.7 Å². The van der Waals surface area contributed by atoms with Gasteiger partial charge in [0.1, 0.15) is 21.8 Å². The average Bonchev–Trinajstić information content (AvgIpc) is 3.16. The van der Waals surface area contributed by atoms with E-state index in [0.29, 0.717) is 21.3 Å². The third-order valence-corrected chi connectivity index (χ3v) is 8.67. The maximum absolute atomic E-state index is 13.3. The van der Waals surface area contributed by atoms with Gasteiger partial charge in [0.2, 0.25) is 0 Å². The van der Waals surface area contributed by atoms with Crippen molar-refractivity contribution < 1.29 is 14.7 Å². The molecule has 1 amide bonds. The molecule has 2 aliphatic heterocycles. The Morgan fingerprint density at radius 2 is 1.66 bits per heavy atom. The van der Waals surface area contributed by atoms with E-state index in [-0.39, 0.29) is 23.5 Å². The second-order valence-electron chi connectivity index (χ2n) is 10.1. The van der Waals surface area contributed by atoms with Crippen molar-refractivity contribution in [3.05, 3.63) is 31.9 Å². The Labute approximate surface area is 234 Å². The maximum atomic E-state index is 13.3. The van der Waals surface area contributed by atoms with Crippen LogP contribution in [-0.4, -0.2) is 50.4 Å². The predicted octanol–water partition coefficient (Wildman–Crippen LogP) is 5.35. The van der Waals surface area contributed by atoms with Crippen LogP contribution in [0.15, 0.2) is 9.70 Å². The van der Waals surface area contributed by atoms with E-state index in [4.69, 9.17) is 17.3 Å². The number of nitrogens with zero attached hydrogens (tertiary/aromatic N) is 4. The summed E-state index contributed by atoms with van der Waals surface area (Å²) in [7, 11) is 1.70. The zero-order valence-electron chi connectivity index (χ0n) is 22.5. The van der Waals surface area contributed by atoms with Gasteiger partial charge in [0.05, 0.1) is 4.91 Å². The number of piperidine rings is 1. The molecule has 10 heteroatoms. The summed E-state index contributed by atoms with van der Waals surface area (Å²) < 4.78 is 2.09. The summed E-state index contributed by atoms with van der Waals surface area (Å²) in [5, 5.41) is 18.3. The lowest BCUT2D eigenvalue weighted by Gasteiger charge is -2.32. The van der Waals surface area contributed by atoms with E-state index in [2.05, 4.69) is 11.0 Å². The van der Waals surface area contributed by atoms with Gasteiger partial charge in [-0.3, -0.25) is 23.9 Å². The summed E-state index contributed by atoms with van der Waals surface area (Å²) in [4.78, 5) is 41.1. The van der Waals surface area contributed by atoms with Crippen molar-refractivity contribution in [2.75, 3.05) is 24.5 Å². The fraction of sp³-hybridized carbons (Fsp3) is 0.607. The lowest BCUT2D eigenvalue weighted by molar-refractivity contribution is -0.137. The molecular weight excluding hydrogens is 520 g/mol. The summed E-state index contributed by atoms with van der Waals surface area (Å²) in [6, 6.07) is 2.06.